The molecule has 0 N–H and O–H groups in total. The molecule has 0 saturated carbocycles. The predicted molar refractivity (Wildman–Crippen MR) is 76.6 cm³/mol. The van der Waals surface area contributed by atoms with E-state index in [1.807, 2.05) is 0 Å². The van der Waals surface area contributed by atoms with E-state index in [-0.39, 0.29) is 23.4 Å². The van der Waals surface area contributed by atoms with Gasteiger partial charge in [-0.05, 0) is 24.3 Å². The third kappa shape index (κ3) is 2.48. The zero-order valence-corrected chi connectivity index (χ0v) is 11.9. The van der Waals surface area contributed by atoms with Gasteiger partial charge in [-0.15, -0.1) is 0 Å². The molecule has 0 bridgehead atoms. The molecule has 0 fully saturated rings. The van der Waals surface area contributed by atoms with Crippen LogP contribution in [-0.2, 0) is 6.42 Å². The summed E-state index contributed by atoms with van der Waals surface area (Å²) >= 11 is 0. The van der Waals surface area contributed by atoms with Gasteiger partial charge >= 0.3 is 0 Å². The van der Waals surface area contributed by atoms with E-state index in [2.05, 4.69) is 4.98 Å². The molecule has 0 spiro atoms. The Morgan fingerprint density at radius 2 is 1.70 bits per heavy atom. The summed E-state index contributed by atoms with van der Waals surface area (Å²) in [7, 11) is 0. The second-order valence-electron chi connectivity index (χ2n) is 4.91. The number of aryl methyl sites for hydroxylation is 1. The van der Waals surface area contributed by atoms with Gasteiger partial charge in [-0.3, -0.25) is 9.36 Å². The summed E-state index contributed by atoms with van der Waals surface area (Å²) in [4.78, 5) is 16.7. The highest BCUT2D eigenvalue weighted by molar-refractivity contribution is 5.78. The summed E-state index contributed by atoms with van der Waals surface area (Å²) < 4.78 is 55.1. The van der Waals surface area contributed by atoms with Crippen molar-refractivity contribution < 1.29 is 17.6 Å². The van der Waals surface area contributed by atoms with Crippen LogP contribution in [-0.4, -0.2) is 9.55 Å². The largest absolute Gasteiger partial charge is 0.269 e. The Bertz CT molecular complexity index is 962. The second-order valence-corrected chi connectivity index (χ2v) is 4.91. The third-order valence-corrected chi connectivity index (χ3v) is 3.42. The Hall–Kier alpha value is -2.70. The van der Waals surface area contributed by atoms with Crippen LogP contribution in [0.3, 0.4) is 0 Å². The molecule has 0 atom stereocenters. The average Bonchev–Trinajstić information content (AvgIpc) is 2.49. The molecule has 3 nitrogen and oxygen atoms in total. The molecule has 3 aromatic rings. The zero-order chi connectivity index (χ0) is 16.7. The fraction of sp³-hybridized carbons (Fsp3) is 0.125. The number of benzene rings is 2. The first-order chi connectivity index (χ1) is 10.9. The van der Waals surface area contributed by atoms with Gasteiger partial charge in [-0.25, -0.2) is 22.5 Å². The first kappa shape index (κ1) is 15.2. The number of aromatic nitrogens is 2. The average molecular weight is 322 g/mol. The zero-order valence-electron chi connectivity index (χ0n) is 11.9. The van der Waals surface area contributed by atoms with Crippen LogP contribution >= 0.6 is 0 Å². The fourth-order valence-corrected chi connectivity index (χ4v) is 2.43. The van der Waals surface area contributed by atoms with Crippen molar-refractivity contribution in [1.29, 1.82) is 0 Å². The monoisotopic (exact) mass is 322 g/mol. The molecule has 7 heteroatoms. The van der Waals surface area contributed by atoms with E-state index >= 15 is 0 Å². The van der Waals surface area contributed by atoms with Crippen molar-refractivity contribution in [2.45, 2.75) is 13.3 Å². The van der Waals surface area contributed by atoms with Crippen molar-refractivity contribution in [2.24, 2.45) is 0 Å². The van der Waals surface area contributed by atoms with Gasteiger partial charge in [0, 0.05) is 12.5 Å². The van der Waals surface area contributed by atoms with Crippen molar-refractivity contribution in [3.05, 3.63) is 69.8 Å². The molecule has 1 heterocycles. The van der Waals surface area contributed by atoms with E-state index in [0.29, 0.717) is 6.07 Å². The summed E-state index contributed by atoms with van der Waals surface area (Å²) in [5, 5.41) is -0.563. The minimum atomic E-state index is -1.34. The highest BCUT2D eigenvalue weighted by Crippen LogP contribution is 2.19. The maximum Gasteiger partial charge on any atom is 0.269 e. The summed E-state index contributed by atoms with van der Waals surface area (Å²) in [6.07, 6.45) is 0.252. The molecule has 3 rings (SSSR count). The first-order valence-corrected chi connectivity index (χ1v) is 6.78. The highest BCUT2D eigenvalue weighted by atomic mass is 19.2. The number of fused-ring (bicyclic) bond motifs is 1. The van der Waals surface area contributed by atoms with Crippen LogP contribution in [0.15, 0.2) is 35.1 Å². The Morgan fingerprint density at radius 1 is 1.04 bits per heavy atom. The van der Waals surface area contributed by atoms with E-state index in [9.17, 15) is 22.4 Å². The van der Waals surface area contributed by atoms with Gasteiger partial charge < -0.3 is 0 Å². The van der Waals surface area contributed by atoms with Crippen molar-refractivity contribution >= 4 is 10.9 Å². The lowest BCUT2D eigenvalue weighted by Gasteiger charge is -2.13. The lowest BCUT2D eigenvalue weighted by atomic mass is 10.2. The van der Waals surface area contributed by atoms with Crippen molar-refractivity contribution in [3.8, 4) is 5.69 Å². The molecular weight excluding hydrogens is 312 g/mol. The molecule has 1 aromatic heterocycles. The van der Waals surface area contributed by atoms with Gasteiger partial charge in [0.15, 0.2) is 11.6 Å². The van der Waals surface area contributed by atoms with Crippen molar-refractivity contribution in [3.63, 3.8) is 0 Å². The molecule has 0 aliphatic rings. The molecular formula is C16H10F4N2O. The SMILES string of the molecule is CCc1nc2ccc(F)c(F)c2c(=O)n1-c1cc(F)cc(F)c1. The molecule has 0 radical (unpaired) electrons. The van der Waals surface area contributed by atoms with Crippen LogP contribution < -0.4 is 5.56 Å². The number of hydrogen-bond acceptors (Lipinski definition) is 2. The predicted octanol–water partition coefficient (Wildman–Crippen LogP) is 3.50. The molecule has 2 aromatic carbocycles. The van der Waals surface area contributed by atoms with E-state index in [1.54, 1.807) is 6.92 Å². The lowest BCUT2D eigenvalue weighted by molar-refractivity contribution is 0.515. The van der Waals surface area contributed by atoms with Crippen LogP contribution in [0.2, 0.25) is 0 Å². The number of halogens is 4. The van der Waals surface area contributed by atoms with Gasteiger partial charge in [0.2, 0.25) is 0 Å². The molecule has 23 heavy (non-hydrogen) atoms. The lowest BCUT2D eigenvalue weighted by Crippen LogP contribution is -2.25. The molecule has 0 saturated heterocycles. The molecule has 0 unspecified atom stereocenters. The Kier molecular flexibility index (Phi) is 3.63. The third-order valence-electron chi connectivity index (χ3n) is 3.42. The van der Waals surface area contributed by atoms with Crippen LogP contribution in [0.1, 0.15) is 12.7 Å². The minimum Gasteiger partial charge on any atom is -0.268 e. The first-order valence-electron chi connectivity index (χ1n) is 6.78. The summed E-state index contributed by atoms with van der Waals surface area (Å²) in [5.74, 6) is -4.15. The van der Waals surface area contributed by atoms with Gasteiger partial charge in [0.25, 0.3) is 5.56 Å². The quantitative estimate of drug-likeness (QED) is 0.677. The second kappa shape index (κ2) is 5.49. The topological polar surface area (TPSA) is 34.9 Å². The maximum atomic E-state index is 14.0. The van der Waals surface area contributed by atoms with Crippen LogP contribution in [0.5, 0.6) is 0 Å². The summed E-state index contributed by atoms with van der Waals surface area (Å²) in [6.45, 7) is 1.68. The standard InChI is InChI=1S/C16H10F4N2O/c1-2-13-21-12-4-3-11(19)15(20)14(12)16(23)22(13)10-6-8(17)5-9(18)7-10/h3-7H,2H2,1H3. The van der Waals surface area contributed by atoms with Crippen LogP contribution in [0.4, 0.5) is 17.6 Å². The van der Waals surface area contributed by atoms with Gasteiger partial charge in [-0.1, -0.05) is 6.92 Å². The molecule has 0 aliphatic carbocycles. The maximum absolute atomic E-state index is 14.0. The Labute approximate surface area is 127 Å². The number of nitrogens with zero attached hydrogens (tertiary/aromatic N) is 2. The smallest absolute Gasteiger partial charge is 0.268 e. The number of hydrogen-bond donors (Lipinski definition) is 0. The van der Waals surface area contributed by atoms with E-state index in [4.69, 9.17) is 0 Å². The molecule has 118 valence electrons. The normalized spacial score (nSPS) is 11.2. The molecule has 0 aliphatic heterocycles. The van der Waals surface area contributed by atoms with Gasteiger partial charge in [-0.2, -0.15) is 0 Å². The van der Waals surface area contributed by atoms with Crippen LogP contribution in [0.25, 0.3) is 16.6 Å². The fourth-order valence-electron chi connectivity index (χ4n) is 2.43. The van der Waals surface area contributed by atoms with E-state index in [0.717, 1.165) is 22.8 Å². The Balaban J connectivity index is 2.46. The van der Waals surface area contributed by atoms with Gasteiger partial charge in [0.1, 0.15) is 22.8 Å². The minimum absolute atomic E-state index is 0.0149. The van der Waals surface area contributed by atoms with Crippen molar-refractivity contribution in [2.75, 3.05) is 0 Å². The van der Waals surface area contributed by atoms with Crippen molar-refractivity contribution in [1.82, 2.24) is 9.55 Å². The Morgan fingerprint density at radius 3 is 2.30 bits per heavy atom. The van der Waals surface area contributed by atoms with Gasteiger partial charge in [0.05, 0.1) is 11.2 Å². The molecule has 0 amide bonds. The van der Waals surface area contributed by atoms with E-state index in [1.165, 1.54) is 6.07 Å². The number of rotatable bonds is 2. The summed E-state index contributed by atoms with van der Waals surface area (Å²) in [5.41, 5.74) is -1.07. The highest BCUT2D eigenvalue weighted by Gasteiger charge is 2.18. The van der Waals surface area contributed by atoms with E-state index < -0.39 is 34.2 Å². The summed E-state index contributed by atoms with van der Waals surface area (Å²) in [6, 6.07) is 4.55. The van der Waals surface area contributed by atoms with Crippen LogP contribution in [0, 0.1) is 23.3 Å².